The van der Waals surface area contributed by atoms with Gasteiger partial charge in [0.1, 0.15) is 18.4 Å². The Balaban J connectivity index is 1.11. The predicted octanol–water partition coefficient (Wildman–Crippen LogP) is 6.33. The van der Waals surface area contributed by atoms with E-state index in [1.54, 1.807) is 47.4 Å². The summed E-state index contributed by atoms with van der Waals surface area (Å²) in [4.78, 5) is 53.9. The molecule has 3 aromatic carbocycles. The second-order valence-electron chi connectivity index (χ2n) is 12.4. The highest BCUT2D eigenvalue weighted by Crippen LogP contribution is 2.37. The van der Waals surface area contributed by atoms with Crippen LogP contribution in [0.3, 0.4) is 0 Å². The molecule has 2 fully saturated rings. The Kier molecular flexibility index (Phi) is 11.0. The Morgan fingerprint density at radius 3 is 2.32 bits per heavy atom. The number of rotatable bonds is 10. The summed E-state index contributed by atoms with van der Waals surface area (Å²) in [6, 6.07) is 20.6. The first kappa shape index (κ1) is 33.8. The zero-order chi connectivity index (χ0) is 33.4. The third-order valence-corrected chi connectivity index (χ3v) is 9.34. The van der Waals surface area contributed by atoms with Gasteiger partial charge in [-0.25, -0.2) is 4.79 Å². The Morgan fingerprint density at radius 1 is 0.894 bits per heavy atom. The third-order valence-electron chi connectivity index (χ3n) is 9.01. The number of para-hydroxylation sites is 1. The van der Waals surface area contributed by atoms with Crippen LogP contribution >= 0.6 is 11.6 Å². The molecule has 0 bridgehead atoms. The van der Waals surface area contributed by atoms with Crippen molar-refractivity contribution < 1.29 is 28.7 Å². The maximum absolute atomic E-state index is 13.4. The number of methoxy groups -OCH3 is 1. The van der Waals surface area contributed by atoms with Gasteiger partial charge in [0.05, 0.1) is 35.3 Å². The molecule has 3 N–H and O–H groups in total. The maximum atomic E-state index is 13.4. The van der Waals surface area contributed by atoms with Crippen LogP contribution in [-0.4, -0.2) is 54.5 Å². The van der Waals surface area contributed by atoms with Gasteiger partial charge in [0.2, 0.25) is 11.8 Å². The lowest BCUT2D eigenvalue weighted by Gasteiger charge is -2.36. The molecule has 11 heteroatoms. The number of likely N-dealkylation sites (tertiary alicyclic amines) is 1. The van der Waals surface area contributed by atoms with Crippen molar-refractivity contribution in [2.45, 2.75) is 70.6 Å². The normalized spacial score (nSPS) is 20.6. The third kappa shape index (κ3) is 8.62. The van der Waals surface area contributed by atoms with Gasteiger partial charge in [0.15, 0.2) is 0 Å². The van der Waals surface area contributed by atoms with Gasteiger partial charge < -0.3 is 30.3 Å². The molecule has 2 aliphatic rings. The van der Waals surface area contributed by atoms with Crippen molar-refractivity contribution in [2.24, 2.45) is 5.41 Å². The van der Waals surface area contributed by atoms with E-state index in [1.165, 1.54) is 7.11 Å². The highest BCUT2D eigenvalue weighted by Gasteiger charge is 2.41. The minimum absolute atomic E-state index is 0.0607. The monoisotopic (exact) mass is 660 g/mol. The van der Waals surface area contributed by atoms with E-state index in [0.29, 0.717) is 66.4 Å². The van der Waals surface area contributed by atoms with Gasteiger partial charge in [-0.1, -0.05) is 60.1 Å². The molecule has 1 saturated heterocycles. The van der Waals surface area contributed by atoms with Crippen LogP contribution in [0.4, 0.5) is 16.2 Å². The topological polar surface area (TPSA) is 126 Å². The smallest absolute Gasteiger partial charge is 0.323 e. The van der Waals surface area contributed by atoms with Crippen molar-refractivity contribution in [3.8, 4) is 5.75 Å². The summed E-state index contributed by atoms with van der Waals surface area (Å²) in [7, 11) is 1.49. The summed E-state index contributed by atoms with van der Waals surface area (Å²) >= 11 is 6.13. The zero-order valence-electron chi connectivity index (χ0n) is 26.7. The van der Waals surface area contributed by atoms with Crippen molar-refractivity contribution >= 4 is 46.8 Å². The average molecular weight is 661 g/mol. The first-order chi connectivity index (χ1) is 22.6. The van der Waals surface area contributed by atoms with Crippen molar-refractivity contribution in [1.29, 1.82) is 0 Å². The number of benzene rings is 3. The Hall–Kier alpha value is -4.57. The SMILES string of the molecule is COc1cc(CC(=O)N2CCCC2C(=O)NC2CCC(C)(C(=O)OCc3ccccc3)CC2)ccc1NC(=O)Nc1ccccc1Cl. The van der Waals surface area contributed by atoms with Gasteiger partial charge in [-0.15, -0.1) is 0 Å². The largest absolute Gasteiger partial charge is 0.495 e. The molecule has 1 saturated carbocycles. The molecule has 1 atom stereocenters. The van der Waals surface area contributed by atoms with Gasteiger partial charge in [0, 0.05) is 12.6 Å². The summed E-state index contributed by atoms with van der Waals surface area (Å²) in [5.74, 6) is -0.120. The fourth-order valence-electron chi connectivity index (χ4n) is 6.20. The molecular weight excluding hydrogens is 620 g/mol. The predicted molar refractivity (Wildman–Crippen MR) is 180 cm³/mol. The van der Waals surface area contributed by atoms with E-state index in [0.717, 1.165) is 12.0 Å². The van der Waals surface area contributed by atoms with Crippen LogP contribution in [0.1, 0.15) is 56.6 Å². The first-order valence-corrected chi connectivity index (χ1v) is 16.3. The molecule has 1 unspecified atom stereocenters. The zero-order valence-corrected chi connectivity index (χ0v) is 27.5. The number of amides is 4. The number of halogens is 1. The minimum Gasteiger partial charge on any atom is -0.495 e. The lowest BCUT2D eigenvalue weighted by Crippen LogP contribution is -2.50. The summed E-state index contributed by atoms with van der Waals surface area (Å²) in [5.41, 5.74) is 1.96. The molecule has 1 aliphatic heterocycles. The molecule has 0 radical (unpaired) electrons. The summed E-state index contributed by atoms with van der Waals surface area (Å²) in [6.45, 7) is 2.69. The lowest BCUT2D eigenvalue weighted by molar-refractivity contribution is -0.158. The van der Waals surface area contributed by atoms with Crippen LogP contribution in [0, 0.1) is 5.41 Å². The van der Waals surface area contributed by atoms with E-state index < -0.39 is 17.5 Å². The van der Waals surface area contributed by atoms with Crippen LogP contribution < -0.4 is 20.7 Å². The average Bonchev–Trinajstić information content (AvgIpc) is 3.58. The van der Waals surface area contributed by atoms with Gasteiger partial charge in [-0.3, -0.25) is 14.4 Å². The Morgan fingerprint density at radius 2 is 1.60 bits per heavy atom. The standard InChI is InChI=1S/C36H41ClN4O6/c1-36(34(44)47-23-24-9-4-3-5-10-24)18-16-26(17-19-36)38-33(43)30-13-8-20-41(30)32(42)22-25-14-15-29(31(21-25)46-2)40-35(45)39-28-12-7-6-11-27(28)37/h3-7,9-12,14-15,21,26,30H,8,13,16-20,22-23H2,1-2H3,(H,38,43)(H2,39,40,45). The lowest BCUT2D eigenvalue weighted by atomic mass is 9.74. The molecule has 4 amide bonds. The summed E-state index contributed by atoms with van der Waals surface area (Å²) < 4.78 is 11.1. The van der Waals surface area contributed by atoms with Gasteiger partial charge in [-0.05, 0) is 80.8 Å². The van der Waals surface area contributed by atoms with E-state index in [4.69, 9.17) is 21.1 Å². The van der Waals surface area contributed by atoms with E-state index in [1.807, 2.05) is 37.3 Å². The number of carbonyl (C=O) groups excluding carboxylic acids is 4. The van der Waals surface area contributed by atoms with Crippen molar-refractivity contribution in [2.75, 3.05) is 24.3 Å². The molecular formula is C36H41ClN4O6. The van der Waals surface area contributed by atoms with Crippen molar-refractivity contribution in [1.82, 2.24) is 10.2 Å². The van der Waals surface area contributed by atoms with Crippen LogP contribution in [0.2, 0.25) is 5.02 Å². The number of hydrogen-bond acceptors (Lipinski definition) is 6. The van der Waals surface area contributed by atoms with E-state index in [2.05, 4.69) is 16.0 Å². The number of hydrogen-bond donors (Lipinski definition) is 3. The number of esters is 1. The number of urea groups is 1. The van der Waals surface area contributed by atoms with Crippen LogP contribution in [0.5, 0.6) is 5.75 Å². The molecule has 10 nitrogen and oxygen atoms in total. The second kappa shape index (κ2) is 15.3. The molecule has 0 aromatic heterocycles. The fraction of sp³-hybridized carbons (Fsp3) is 0.389. The van der Waals surface area contributed by atoms with Crippen LogP contribution in [-0.2, 0) is 32.1 Å². The Labute approximate surface area is 280 Å². The summed E-state index contributed by atoms with van der Waals surface area (Å²) in [5, 5.41) is 9.01. The number of nitrogens with one attached hydrogen (secondary N) is 3. The van der Waals surface area contributed by atoms with Gasteiger partial charge in [0.25, 0.3) is 0 Å². The molecule has 1 aliphatic carbocycles. The molecule has 47 heavy (non-hydrogen) atoms. The number of anilines is 2. The van der Waals surface area contributed by atoms with Crippen LogP contribution in [0.15, 0.2) is 72.8 Å². The number of nitrogens with zero attached hydrogens (tertiary/aromatic N) is 1. The maximum Gasteiger partial charge on any atom is 0.323 e. The van der Waals surface area contributed by atoms with E-state index >= 15 is 0 Å². The molecule has 1 heterocycles. The first-order valence-electron chi connectivity index (χ1n) is 16.0. The minimum atomic E-state index is -0.586. The van der Waals surface area contributed by atoms with E-state index in [9.17, 15) is 19.2 Å². The van der Waals surface area contributed by atoms with E-state index in [-0.39, 0.29) is 36.9 Å². The molecule has 3 aromatic rings. The molecule has 5 rings (SSSR count). The highest BCUT2D eigenvalue weighted by molar-refractivity contribution is 6.33. The fourth-order valence-corrected chi connectivity index (χ4v) is 6.38. The summed E-state index contributed by atoms with van der Waals surface area (Å²) in [6.07, 6.45) is 3.99. The molecule has 0 spiro atoms. The molecule has 248 valence electrons. The van der Waals surface area contributed by atoms with Gasteiger partial charge in [-0.2, -0.15) is 0 Å². The number of ether oxygens (including phenoxy) is 2. The Bertz CT molecular complexity index is 1590. The second-order valence-corrected chi connectivity index (χ2v) is 12.8. The quantitative estimate of drug-likeness (QED) is 0.218. The van der Waals surface area contributed by atoms with Crippen molar-refractivity contribution in [3.63, 3.8) is 0 Å². The number of carbonyl (C=O) groups is 4. The van der Waals surface area contributed by atoms with Crippen LogP contribution in [0.25, 0.3) is 0 Å². The van der Waals surface area contributed by atoms with Crippen molar-refractivity contribution in [3.05, 3.63) is 88.9 Å². The highest BCUT2D eigenvalue weighted by atomic mass is 35.5. The van der Waals surface area contributed by atoms with Gasteiger partial charge >= 0.3 is 12.0 Å².